The first-order chi connectivity index (χ1) is 9.70. The molecule has 0 fully saturated rings. The molecule has 0 aromatic heterocycles. The van der Waals surface area contributed by atoms with Crippen LogP contribution in [0.5, 0.6) is 5.75 Å². The molecular weight excluding hydrogens is 400 g/mol. The topological polar surface area (TPSA) is 64.3 Å². The summed E-state index contributed by atoms with van der Waals surface area (Å²) in [4.78, 5) is 12.2. The van der Waals surface area contributed by atoms with Gasteiger partial charge in [0.25, 0.3) is 5.91 Å². The monoisotopic (exact) mass is 420 g/mol. The molecule has 6 heteroatoms. The smallest absolute Gasteiger partial charge is 0.261 e. The van der Waals surface area contributed by atoms with Crippen LogP contribution in [-0.2, 0) is 11.3 Å². The third kappa shape index (κ3) is 5.27. The summed E-state index contributed by atoms with van der Waals surface area (Å²) in [5.74, 6) is 0.465. The maximum atomic E-state index is 12.2. The van der Waals surface area contributed by atoms with E-state index in [1.165, 1.54) is 0 Å². The lowest BCUT2D eigenvalue weighted by molar-refractivity contribution is -0.129. The summed E-state index contributed by atoms with van der Waals surface area (Å²) in [6.07, 6.45) is 0.261. The maximum Gasteiger partial charge on any atom is 0.261 e. The van der Waals surface area contributed by atoms with Crippen molar-refractivity contribution in [2.45, 2.75) is 52.3 Å². The first-order valence-electron chi connectivity index (χ1n) is 6.87. The van der Waals surface area contributed by atoms with Crippen molar-refractivity contribution < 1.29 is 9.53 Å². The number of benzene rings is 1. The van der Waals surface area contributed by atoms with Gasteiger partial charge in [-0.25, -0.2) is 0 Å². The van der Waals surface area contributed by atoms with Gasteiger partial charge in [0.15, 0.2) is 6.10 Å². The van der Waals surface area contributed by atoms with E-state index in [4.69, 9.17) is 10.5 Å². The van der Waals surface area contributed by atoms with Crippen LogP contribution in [0.25, 0.3) is 0 Å². The Kier molecular flexibility index (Phi) is 6.69. The van der Waals surface area contributed by atoms with Crippen LogP contribution < -0.4 is 15.8 Å². The molecule has 0 saturated carbocycles. The van der Waals surface area contributed by atoms with Gasteiger partial charge in [-0.05, 0) is 76.7 Å². The average Bonchev–Trinajstić information content (AvgIpc) is 2.41. The fraction of sp³-hybridized carbons (Fsp3) is 0.533. The lowest BCUT2D eigenvalue weighted by atomic mass is 10.0. The van der Waals surface area contributed by atoms with Gasteiger partial charge in [-0.15, -0.1) is 0 Å². The molecule has 0 aliphatic rings. The van der Waals surface area contributed by atoms with E-state index >= 15 is 0 Å². The van der Waals surface area contributed by atoms with Crippen molar-refractivity contribution in [3.8, 4) is 5.75 Å². The van der Waals surface area contributed by atoms with Gasteiger partial charge in [-0.3, -0.25) is 4.79 Å². The zero-order valence-corrected chi connectivity index (χ0v) is 16.0. The van der Waals surface area contributed by atoms with Crippen LogP contribution in [0.2, 0.25) is 0 Å². The van der Waals surface area contributed by atoms with E-state index in [9.17, 15) is 4.79 Å². The normalized spacial score (nSPS) is 12.9. The number of hydrogen-bond acceptors (Lipinski definition) is 3. The lowest BCUT2D eigenvalue weighted by Crippen LogP contribution is -2.48. The van der Waals surface area contributed by atoms with Gasteiger partial charge in [0, 0.05) is 12.1 Å². The van der Waals surface area contributed by atoms with Crippen LogP contribution in [-0.4, -0.2) is 17.6 Å². The second-order valence-corrected chi connectivity index (χ2v) is 7.29. The van der Waals surface area contributed by atoms with E-state index in [0.717, 1.165) is 20.9 Å². The summed E-state index contributed by atoms with van der Waals surface area (Å²) < 4.78 is 7.32. The molecule has 1 atom stereocenters. The average molecular weight is 422 g/mol. The molecule has 0 saturated heterocycles. The largest absolute Gasteiger partial charge is 0.479 e. The molecule has 4 nitrogen and oxygen atoms in total. The van der Waals surface area contributed by atoms with Crippen molar-refractivity contribution in [1.29, 1.82) is 0 Å². The Morgan fingerprint density at radius 1 is 1.38 bits per heavy atom. The standard InChI is InChI=1S/C15H22Br2N2O2/c1-5-15(3,4)19-14(20)9(2)21-13-11(16)6-10(8-18)7-12(13)17/h6-7,9H,5,8,18H2,1-4H3,(H,19,20). The third-order valence-corrected chi connectivity index (χ3v) is 4.48. The Balaban J connectivity index is 2.84. The highest BCUT2D eigenvalue weighted by atomic mass is 79.9. The zero-order chi connectivity index (χ0) is 16.2. The van der Waals surface area contributed by atoms with E-state index in [1.54, 1.807) is 6.92 Å². The highest BCUT2D eigenvalue weighted by Crippen LogP contribution is 2.35. The van der Waals surface area contributed by atoms with Gasteiger partial charge in [0.1, 0.15) is 5.75 Å². The third-order valence-electron chi connectivity index (χ3n) is 3.30. The first kappa shape index (κ1) is 18.5. The van der Waals surface area contributed by atoms with E-state index < -0.39 is 6.10 Å². The number of ether oxygens (including phenoxy) is 1. The summed E-state index contributed by atoms with van der Waals surface area (Å²) in [6, 6.07) is 3.78. The highest BCUT2D eigenvalue weighted by molar-refractivity contribution is 9.11. The number of carbonyl (C=O) groups excluding carboxylic acids is 1. The van der Waals surface area contributed by atoms with E-state index in [2.05, 4.69) is 37.2 Å². The molecule has 0 aliphatic carbocycles. The molecule has 1 aromatic rings. The predicted molar refractivity (Wildman–Crippen MR) is 92.3 cm³/mol. The van der Waals surface area contributed by atoms with Crippen molar-refractivity contribution in [3.63, 3.8) is 0 Å². The Morgan fingerprint density at radius 3 is 2.33 bits per heavy atom. The number of amides is 1. The van der Waals surface area contributed by atoms with E-state index in [0.29, 0.717) is 12.3 Å². The summed E-state index contributed by atoms with van der Waals surface area (Å²) in [7, 11) is 0. The number of nitrogens with one attached hydrogen (secondary N) is 1. The quantitative estimate of drug-likeness (QED) is 0.735. The SMILES string of the molecule is CCC(C)(C)NC(=O)C(C)Oc1c(Br)cc(CN)cc1Br. The maximum absolute atomic E-state index is 12.2. The lowest BCUT2D eigenvalue weighted by Gasteiger charge is -2.27. The van der Waals surface area contributed by atoms with Crippen molar-refractivity contribution in [2.24, 2.45) is 5.73 Å². The van der Waals surface area contributed by atoms with Crippen molar-refractivity contribution in [3.05, 3.63) is 26.6 Å². The number of nitrogens with two attached hydrogens (primary N) is 1. The minimum Gasteiger partial charge on any atom is -0.479 e. The Morgan fingerprint density at radius 2 is 1.90 bits per heavy atom. The molecule has 0 aliphatic heterocycles. The van der Waals surface area contributed by atoms with Crippen LogP contribution in [0, 0.1) is 0 Å². The molecule has 0 radical (unpaired) electrons. The Labute approximate surface area is 143 Å². The number of hydrogen-bond donors (Lipinski definition) is 2. The van der Waals surface area contributed by atoms with Gasteiger partial charge in [0.05, 0.1) is 8.95 Å². The fourth-order valence-electron chi connectivity index (χ4n) is 1.60. The molecule has 0 heterocycles. The molecule has 0 spiro atoms. The van der Waals surface area contributed by atoms with Crippen LogP contribution in [0.3, 0.4) is 0 Å². The van der Waals surface area contributed by atoms with Crippen LogP contribution >= 0.6 is 31.9 Å². The minimum atomic E-state index is -0.591. The molecule has 1 unspecified atom stereocenters. The van der Waals surface area contributed by atoms with Crippen LogP contribution in [0.15, 0.2) is 21.1 Å². The fourth-order valence-corrected chi connectivity index (χ4v) is 3.06. The Hall–Kier alpha value is -0.590. The first-order valence-corrected chi connectivity index (χ1v) is 8.45. The second kappa shape index (κ2) is 7.61. The molecule has 1 rings (SSSR count). The molecule has 1 amide bonds. The second-order valence-electron chi connectivity index (χ2n) is 5.58. The molecule has 3 N–H and O–H groups in total. The molecule has 0 bridgehead atoms. The van der Waals surface area contributed by atoms with Gasteiger partial charge in [-0.1, -0.05) is 6.92 Å². The number of halogens is 2. The van der Waals surface area contributed by atoms with Gasteiger partial charge in [0.2, 0.25) is 0 Å². The predicted octanol–water partition coefficient (Wildman–Crippen LogP) is 3.74. The summed E-state index contributed by atoms with van der Waals surface area (Å²) >= 11 is 6.90. The zero-order valence-electron chi connectivity index (χ0n) is 12.8. The molecule has 1 aromatic carbocycles. The molecule has 118 valence electrons. The van der Waals surface area contributed by atoms with Crippen molar-refractivity contribution in [1.82, 2.24) is 5.32 Å². The van der Waals surface area contributed by atoms with Gasteiger partial charge >= 0.3 is 0 Å². The van der Waals surface area contributed by atoms with Gasteiger partial charge in [-0.2, -0.15) is 0 Å². The number of rotatable bonds is 6. The van der Waals surface area contributed by atoms with E-state index in [-0.39, 0.29) is 11.4 Å². The summed E-state index contributed by atoms with van der Waals surface area (Å²) in [5, 5.41) is 2.97. The minimum absolute atomic E-state index is 0.136. The van der Waals surface area contributed by atoms with E-state index in [1.807, 2.05) is 32.9 Å². The Bertz CT molecular complexity index is 495. The van der Waals surface area contributed by atoms with Crippen LogP contribution in [0.1, 0.15) is 39.7 Å². The highest BCUT2D eigenvalue weighted by Gasteiger charge is 2.24. The molecular formula is C15H22Br2N2O2. The number of carbonyl (C=O) groups is 1. The molecule has 21 heavy (non-hydrogen) atoms. The van der Waals surface area contributed by atoms with Gasteiger partial charge < -0.3 is 15.8 Å². The van der Waals surface area contributed by atoms with Crippen molar-refractivity contribution in [2.75, 3.05) is 0 Å². The van der Waals surface area contributed by atoms with Crippen LogP contribution in [0.4, 0.5) is 0 Å². The summed E-state index contributed by atoms with van der Waals surface area (Å²) in [6.45, 7) is 8.18. The van der Waals surface area contributed by atoms with Crippen molar-refractivity contribution >= 4 is 37.8 Å². The summed E-state index contributed by atoms with van der Waals surface area (Å²) in [5.41, 5.74) is 6.36.